The number of hydrogen-bond donors (Lipinski definition) is 7. The molecule has 0 bridgehead atoms. The summed E-state index contributed by atoms with van der Waals surface area (Å²) >= 11 is 0. The summed E-state index contributed by atoms with van der Waals surface area (Å²) in [5, 5.41) is 8.51. The quantitative estimate of drug-likeness (QED) is 0.0406. The van der Waals surface area contributed by atoms with Crippen molar-refractivity contribution in [1.29, 1.82) is 5.41 Å². The van der Waals surface area contributed by atoms with Crippen LogP contribution in [0, 0.1) is 15.8 Å². The van der Waals surface area contributed by atoms with Crippen LogP contribution in [0.3, 0.4) is 0 Å². The van der Waals surface area contributed by atoms with Crippen molar-refractivity contribution >= 4 is 59.7 Å². The predicted molar refractivity (Wildman–Crippen MR) is 208 cm³/mol. The van der Waals surface area contributed by atoms with E-state index in [2.05, 4.69) is 26.1 Å². The molecule has 0 aromatic heterocycles. The molecule has 0 saturated carbocycles. The first-order chi connectivity index (χ1) is 26.1. The minimum atomic E-state index is -5.11. The summed E-state index contributed by atoms with van der Waals surface area (Å²) in [6.07, 6.45) is 5.39. The van der Waals surface area contributed by atoms with E-state index >= 15 is 0 Å². The van der Waals surface area contributed by atoms with Crippen LogP contribution in [0.25, 0.3) is 10.8 Å². The van der Waals surface area contributed by atoms with Gasteiger partial charge in [0.15, 0.2) is 10.9 Å². The molecule has 8 N–H and O–H groups in total. The van der Waals surface area contributed by atoms with Crippen molar-refractivity contribution in [3.63, 3.8) is 0 Å². The second kappa shape index (κ2) is 17.3. The highest BCUT2D eigenvalue weighted by atomic mass is 32.2. The fourth-order valence-corrected chi connectivity index (χ4v) is 7.37. The summed E-state index contributed by atoms with van der Waals surface area (Å²) in [5.41, 5.74) is 10.9. The normalized spacial score (nSPS) is 12.3. The lowest BCUT2D eigenvalue weighted by atomic mass is 10.0. The molecule has 18 heteroatoms. The number of carbonyl (C=O) groups excluding carboxylic acids is 1. The molecule has 55 heavy (non-hydrogen) atoms. The second-order valence-corrected chi connectivity index (χ2v) is 15.6. The first kappa shape index (κ1) is 40.7. The van der Waals surface area contributed by atoms with Crippen molar-refractivity contribution in [2.45, 2.75) is 48.3 Å². The standard InChI is InChI=1S/C37H41N7O9S2/c1-44(20-8-4-2-3-5-11-32(45)40-19-18-38)25-15-12-23(13-16-25)42-43-24-14-17-28(30(21-24)54(48,49)50)41-29-22-31(55(51,52)53)35(39)34-33(29)36(46)26-9-6-7-10-27(26)37(34)47/h6-7,9-10,12-17,21-22,39,42-43H,2-5,8,11,18-20,38H2,1H3,(H,40,45)(H,48,49,50)(H,51,52,53). The second-order valence-electron chi connectivity index (χ2n) is 12.8. The molecular formula is C37H41N7O9S2. The zero-order valence-electron chi connectivity index (χ0n) is 29.8. The zero-order chi connectivity index (χ0) is 39.9. The number of hydrogen-bond acceptors (Lipinski definition) is 13. The van der Waals surface area contributed by atoms with E-state index < -0.39 is 67.7 Å². The molecule has 3 aromatic carbocycles. The summed E-state index contributed by atoms with van der Waals surface area (Å²) in [6, 6.07) is 17.5. The van der Waals surface area contributed by atoms with Crippen LogP contribution in [0.5, 0.6) is 0 Å². The Morgan fingerprint density at radius 2 is 1.36 bits per heavy atom. The number of fused-ring (bicyclic) bond motifs is 1. The summed E-state index contributed by atoms with van der Waals surface area (Å²) in [4.78, 5) is 43.3. The summed E-state index contributed by atoms with van der Waals surface area (Å²) in [7, 11) is -8.11. The average Bonchev–Trinajstić information content (AvgIpc) is 3.15. The first-order valence-corrected chi connectivity index (χ1v) is 20.2. The molecule has 16 nitrogen and oxygen atoms in total. The SMILES string of the molecule is CN(CCCCCCCC(=O)NCCN)c1ccc(NNc2ccc(N=c3cc(S(=O)(=O)O)c(=N)c4c(=O)c5ccccc5c(=O)c3=4)c(S(=O)(=O)O)c2)cc1. The lowest BCUT2D eigenvalue weighted by molar-refractivity contribution is -0.121. The van der Waals surface area contributed by atoms with Crippen molar-refractivity contribution in [1.82, 2.24) is 5.32 Å². The third-order valence-corrected chi connectivity index (χ3v) is 10.7. The minimum Gasteiger partial charge on any atom is -0.375 e. The van der Waals surface area contributed by atoms with Gasteiger partial charge >= 0.3 is 0 Å². The fraction of sp³-hybridized carbons (Fsp3) is 0.270. The van der Waals surface area contributed by atoms with Crippen LogP contribution in [0.15, 0.2) is 97.2 Å². The molecule has 0 heterocycles. The number of hydrazine groups is 1. The van der Waals surface area contributed by atoms with Gasteiger partial charge in [-0.05, 0) is 61.4 Å². The maximum Gasteiger partial charge on any atom is 0.296 e. The van der Waals surface area contributed by atoms with Gasteiger partial charge in [-0.1, -0.05) is 43.5 Å². The van der Waals surface area contributed by atoms with E-state index in [-0.39, 0.29) is 22.4 Å². The number of nitrogens with two attached hydrogens (primary N) is 1. The Morgan fingerprint density at radius 3 is 2.00 bits per heavy atom. The number of benzene rings is 3. The third kappa shape index (κ3) is 9.78. The van der Waals surface area contributed by atoms with Gasteiger partial charge < -0.3 is 26.8 Å². The first-order valence-electron chi connectivity index (χ1n) is 17.3. The highest BCUT2D eigenvalue weighted by Crippen LogP contribution is 2.28. The summed E-state index contributed by atoms with van der Waals surface area (Å²) in [6.45, 7) is 1.76. The van der Waals surface area contributed by atoms with Gasteiger partial charge in [0.25, 0.3) is 20.2 Å². The van der Waals surface area contributed by atoms with Crippen LogP contribution in [0.1, 0.15) is 38.5 Å². The molecule has 0 fully saturated rings. The van der Waals surface area contributed by atoms with Crippen LogP contribution in [0.4, 0.5) is 22.7 Å². The van der Waals surface area contributed by atoms with E-state index in [9.17, 15) is 40.3 Å². The van der Waals surface area contributed by atoms with Gasteiger partial charge in [-0.3, -0.25) is 28.9 Å². The van der Waals surface area contributed by atoms with E-state index in [1.807, 2.05) is 31.3 Å². The molecule has 0 unspecified atom stereocenters. The molecule has 2 aliphatic rings. The van der Waals surface area contributed by atoms with Crippen molar-refractivity contribution in [3.8, 4) is 0 Å². The lowest BCUT2D eigenvalue weighted by Gasteiger charge is -2.20. The topological polar surface area (TPSA) is 262 Å². The van der Waals surface area contributed by atoms with Gasteiger partial charge in [0.2, 0.25) is 5.91 Å². The fourth-order valence-electron chi connectivity index (χ4n) is 6.10. The van der Waals surface area contributed by atoms with Gasteiger partial charge in [0.1, 0.15) is 9.79 Å². The molecular weight excluding hydrogens is 751 g/mol. The van der Waals surface area contributed by atoms with E-state index in [1.54, 1.807) is 0 Å². The Bertz CT molecular complexity index is 2740. The van der Waals surface area contributed by atoms with Crippen LogP contribution in [-0.2, 0) is 25.0 Å². The smallest absolute Gasteiger partial charge is 0.296 e. The highest BCUT2D eigenvalue weighted by molar-refractivity contribution is 7.86. The molecule has 5 rings (SSSR count). The average molecular weight is 792 g/mol. The molecule has 3 aromatic rings. The minimum absolute atomic E-state index is 0.0324. The number of nitrogens with zero attached hydrogens (tertiary/aromatic N) is 2. The molecule has 0 atom stereocenters. The van der Waals surface area contributed by atoms with E-state index in [0.717, 1.165) is 50.4 Å². The molecule has 0 spiro atoms. The number of nitrogens with one attached hydrogen (secondary N) is 4. The zero-order valence-corrected chi connectivity index (χ0v) is 31.5. The Balaban J connectivity index is 1.34. The largest absolute Gasteiger partial charge is 0.375 e. The summed E-state index contributed by atoms with van der Waals surface area (Å²) < 4.78 is 69.6. The van der Waals surface area contributed by atoms with Gasteiger partial charge in [0.05, 0.1) is 38.2 Å². The maximum atomic E-state index is 13.6. The molecule has 1 amide bonds. The van der Waals surface area contributed by atoms with E-state index in [4.69, 9.17) is 11.1 Å². The number of unbranched alkanes of at least 4 members (excludes halogenated alkanes) is 4. The number of carbonyl (C=O) groups is 1. The molecule has 0 radical (unpaired) electrons. The monoisotopic (exact) mass is 791 g/mol. The lowest BCUT2D eigenvalue weighted by Crippen LogP contribution is -2.32. The van der Waals surface area contributed by atoms with Gasteiger partial charge in [0, 0.05) is 49.6 Å². The van der Waals surface area contributed by atoms with Gasteiger partial charge in [-0.15, -0.1) is 0 Å². The Labute approximate surface area is 316 Å². The number of anilines is 3. The van der Waals surface area contributed by atoms with Crippen molar-refractivity contribution in [2.24, 2.45) is 10.7 Å². The third-order valence-electron chi connectivity index (χ3n) is 8.92. The van der Waals surface area contributed by atoms with Crippen LogP contribution < -0.4 is 48.4 Å². The predicted octanol–water partition coefficient (Wildman–Crippen LogP) is 2.66. The highest BCUT2D eigenvalue weighted by Gasteiger charge is 2.21. The van der Waals surface area contributed by atoms with Crippen molar-refractivity contribution in [3.05, 3.63) is 114 Å². The molecule has 2 aliphatic carbocycles. The van der Waals surface area contributed by atoms with Crippen molar-refractivity contribution < 1.29 is 30.7 Å². The van der Waals surface area contributed by atoms with E-state index in [1.165, 1.54) is 36.4 Å². The maximum absolute atomic E-state index is 13.6. The summed E-state index contributed by atoms with van der Waals surface area (Å²) in [5.74, 6) is 0.0324. The molecule has 290 valence electrons. The Kier molecular flexibility index (Phi) is 12.8. The van der Waals surface area contributed by atoms with E-state index in [0.29, 0.717) is 31.3 Å². The van der Waals surface area contributed by atoms with Crippen LogP contribution in [0.2, 0.25) is 0 Å². The van der Waals surface area contributed by atoms with Gasteiger partial charge in [-0.25, -0.2) is 4.99 Å². The van der Waals surface area contributed by atoms with Crippen LogP contribution in [-0.4, -0.2) is 58.5 Å². The Hall–Kier alpha value is -5.53. The number of amides is 1. The van der Waals surface area contributed by atoms with Gasteiger partial charge in [-0.2, -0.15) is 16.8 Å². The molecule has 0 saturated heterocycles. The van der Waals surface area contributed by atoms with Crippen LogP contribution >= 0.6 is 0 Å². The molecule has 0 aliphatic heterocycles. The number of rotatable bonds is 17. The van der Waals surface area contributed by atoms with Crippen molar-refractivity contribution in [2.75, 3.05) is 42.4 Å². The Morgan fingerprint density at radius 1 is 0.782 bits per heavy atom.